The Morgan fingerprint density at radius 1 is 0.333 bits per heavy atom. The van der Waals surface area contributed by atoms with Crippen molar-refractivity contribution in [2.75, 3.05) is 0 Å². The quantitative estimate of drug-likeness (QED) is 0.0579. The molecular weight excluding hydrogens is 545 g/mol. The van der Waals surface area contributed by atoms with Crippen molar-refractivity contribution in [3.05, 3.63) is 0 Å². The number of carbonyl (C=O) groups is 2. The van der Waals surface area contributed by atoms with Gasteiger partial charge in [-0.3, -0.25) is 9.59 Å². The molecule has 248 valence electrons. The summed E-state index contributed by atoms with van der Waals surface area (Å²) in [6, 6.07) is 0. The molecule has 0 amide bonds. The summed E-state index contributed by atoms with van der Waals surface area (Å²) < 4.78 is 0. The van der Waals surface area contributed by atoms with Crippen molar-refractivity contribution < 1.29 is 25.5 Å². The summed E-state index contributed by atoms with van der Waals surface area (Å²) >= 11 is 0. The van der Waals surface area contributed by atoms with Crippen molar-refractivity contribution in [3.8, 4) is 0 Å². The largest absolute Gasteiger partial charge is 2.00 e. The molecule has 0 atom stereocenters. The van der Waals surface area contributed by atoms with E-state index in [-0.39, 0.29) is 51.8 Å². The Morgan fingerprint density at radius 3 is 0.619 bits per heavy atom. The van der Waals surface area contributed by atoms with Crippen LogP contribution in [0.1, 0.15) is 225 Å². The van der Waals surface area contributed by atoms with Crippen molar-refractivity contribution in [2.45, 2.75) is 219 Å². The zero-order chi connectivity index (χ0) is 29.8. The van der Waals surface area contributed by atoms with Crippen LogP contribution in [-0.4, -0.2) is 68.3 Å². The minimum Gasteiger partial charge on any atom is -1.00 e. The van der Waals surface area contributed by atoms with Crippen LogP contribution in [0, 0.1) is 0 Å². The van der Waals surface area contributed by atoms with E-state index in [4.69, 9.17) is 10.2 Å². The van der Waals surface area contributed by atoms with Crippen LogP contribution in [0.5, 0.6) is 0 Å². The first-order valence-electron chi connectivity index (χ1n) is 18.0. The number of aliphatic carboxylic acids is 2. The first kappa shape index (κ1) is 49.4. The monoisotopic (exact) mass is 621 g/mol. The minimum absolute atomic E-state index is 0. The number of carboxylic acids is 2. The average Bonchev–Trinajstić information content (AvgIpc) is 2.93. The van der Waals surface area contributed by atoms with Gasteiger partial charge in [0, 0.05) is 12.8 Å². The van der Waals surface area contributed by atoms with E-state index >= 15 is 0 Å². The molecule has 0 rings (SSSR count). The van der Waals surface area contributed by atoms with Crippen LogP contribution >= 0.6 is 0 Å². The van der Waals surface area contributed by atoms with Crippen LogP contribution < -0.4 is 0 Å². The van der Waals surface area contributed by atoms with E-state index in [0.717, 1.165) is 25.7 Å². The summed E-state index contributed by atoms with van der Waals surface area (Å²) in [5.74, 6) is -1.31. The van der Waals surface area contributed by atoms with Gasteiger partial charge in [0.1, 0.15) is 0 Å². The van der Waals surface area contributed by atoms with E-state index in [2.05, 4.69) is 13.8 Å². The Balaban J connectivity index is -0.0000000926. The third kappa shape index (κ3) is 53.1. The van der Waals surface area contributed by atoms with Gasteiger partial charge in [-0.05, 0) is 12.8 Å². The average molecular weight is 622 g/mol. The Kier molecular flexibility index (Phi) is 53.9. The zero-order valence-electron chi connectivity index (χ0n) is 32.8. The Bertz CT molecular complexity index is 478. The van der Waals surface area contributed by atoms with Gasteiger partial charge in [-0.25, -0.2) is 0 Å². The van der Waals surface area contributed by atoms with Crippen LogP contribution in [-0.2, 0) is 9.59 Å². The molecule has 0 bridgehead atoms. The molecular formula is C36H76Mg2O4. The van der Waals surface area contributed by atoms with Gasteiger partial charge in [0.25, 0.3) is 0 Å². The predicted molar refractivity (Wildman–Crippen MR) is 190 cm³/mol. The van der Waals surface area contributed by atoms with Gasteiger partial charge in [-0.2, -0.15) is 0 Å². The Hall–Kier alpha value is 0.472. The van der Waals surface area contributed by atoms with E-state index in [1.54, 1.807) is 0 Å². The first-order valence-corrected chi connectivity index (χ1v) is 18.0. The summed E-state index contributed by atoms with van der Waals surface area (Å²) in [7, 11) is 0. The smallest absolute Gasteiger partial charge is 1.00 e. The molecule has 0 aliphatic rings. The van der Waals surface area contributed by atoms with Crippen LogP contribution in [0.3, 0.4) is 0 Å². The van der Waals surface area contributed by atoms with E-state index < -0.39 is 11.9 Å². The molecule has 0 aromatic carbocycles. The van der Waals surface area contributed by atoms with Gasteiger partial charge in [-0.15, -0.1) is 0 Å². The van der Waals surface area contributed by atoms with E-state index in [1.807, 2.05) is 0 Å². The molecule has 0 saturated heterocycles. The molecule has 0 spiro atoms. The number of rotatable bonds is 32. The van der Waals surface area contributed by atoms with Crippen molar-refractivity contribution in [3.63, 3.8) is 0 Å². The fraction of sp³-hybridized carbons (Fsp3) is 0.944. The fourth-order valence-corrected chi connectivity index (χ4v) is 5.30. The van der Waals surface area contributed by atoms with Crippen LogP contribution in [0.4, 0.5) is 0 Å². The zero-order valence-corrected chi connectivity index (χ0v) is 31.6. The molecule has 0 saturated carbocycles. The maximum absolute atomic E-state index is 10.3. The van der Waals surface area contributed by atoms with Crippen LogP contribution in [0.2, 0.25) is 0 Å². The van der Waals surface area contributed by atoms with Crippen molar-refractivity contribution >= 4 is 58.0 Å². The SMILES string of the molecule is CCCCCCCCCCCCCCCCCC(=O)O.CCCCCCCCCCCCCCCCCC(=O)O.[H-].[H-].[H-].[H-].[Mg+2].[Mg+2]. The van der Waals surface area contributed by atoms with Gasteiger partial charge in [0.05, 0.1) is 0 Å². The first-order chi connectivity index (χ1) is 19.5. The normalized spacial score (nSPS) is 10.3. The summed E-state index contributed by atoms with van der Waals surface area (Å²) in [4.78, 5) is 20.7. The molecule has 0 radical (unpaired) electrons. The fourth-order valence-electron chi connectivity index (χ4n) is 5.30. The van der Waals surface area contributed by atoms with Crippen molar-refractivity contribution in [2.24, 2.45) is 0 Å². The maximum Gasteiger partial charge on any atom is 2.00 e. The molecule has 0 fully saturated rings. The number of unbranched alkanes of at least 4 members (excludes halogenated alkanes) is 28. The van der Waals surface area contributed by atoms with Gasteiger partial charge in [0.2, 0.25) is 0 Å². The van der Waals surface area contributed by atoms with E-state index in [1.165, 1.54) is 167 Å². The van der Waals surface area contributed by atoms with E-state index in [9.17, 15) is 9.59 Å². The summed E-state index contributed by atoms with van der Waals surface area (Å²) in [5, 5.41) is 17.0. The molecule has 42 heavy (non-hydrogen) atoms. The number of carboxylic acid groups (broad SMARTS) is 2. The van der Waals surface area contributed by atoms with Crippen molar-refractivity contribution in [1.82, 2.24) is 0 Å². The third-order valence-corrected chi connectivity index (χ3v) is 7.99. The number of hydrogen-bond donors (Lipinski definition) is 2. The summed E-state index contributed by atoms with van der Waals surface area (Å²) in [6.45, 7) is 4.54. The minimum atomic E-state index is -0.653. The molecule has 0 aliphatic carbocycles. The molecule has 2 N–H and O–H groups in total. The summed E-state index contributed by atoms with van der Waals surface area (Å²) in [6.07, 6.45) is 40.4. The van der Waals surface area contributed by atoms with Gasteiger partial charge >= 0.3 is 58.0 Å². The second-order valence-electron chi connectivity index (χ2n) is 12.2. The summed E-state index contributed by atoms with van der Waals surface area (Å²) in [5.41, 5.74) is 0. The maximum atomic E-state index is 10.3. The molecule has 0 aromatic rings. The van der Waals surface area contributed by atoms with Crippen LogP contribution in [0.15, 0.2) is 0 Å². The van der Waals surface area contributed by atoms with Gasteiger partial charge < -0.3 is 15.9 Å². The topological polar surface area (TPSA) is 74.6 Å². The molecule has 0 aliphatic heterocycles. The molecule has 4 nitrogen and oxygen atoms in total. The number of hydrogen-bond acceptors (Lipinski definition) is 2. The standard InChI is InChI=1S/2C18H36O2.2Mg.4H/c2*1-2-3-4-5-6-7-8-9-10-11-12-13-14-15-16-17-18(19)20;;;;;;/h2*2-17H2,1H3,(H,19,20);;;;;;/q;;2*+2;4*-1. The van der Waals surface area contributed by atoms with Gasteiger partial charge in [-0.1, -0.05) is 194 Å². The Morgan fingerprint density at radius 2 is 0.476 bits per heavy atom. The van der Waals surface area contributed by atoms with E-state index in [0.29, 0.717) is 12.8 Å². The predicted octanol–water partition coefficient (Wildman–Crippen LogP) is 12.4. The molecule has 6 heteroatoms. The Labute approximate surface area is 301 Å². The second-order valence-corrected chi connectivity index (χ2v) is 12.2. The van der Waals surface area contributed by atoms with Crippen LogP contribution in [0.25, 0.3) is 0 Å². The molecule has 0 unspecified atom stereocenters. The molecule has 0 aromatic heterocycles. The second kappa shape index (κ2) is 45.9. The molecule has 0 heterocycles. The third-order valence-electron chi connectivity index (χ3n) is 7.99. The van der Waals surface area contributed by atoms with Gasteiger partial charge in [0.15, 0.2) is 0 Å². The van der Waals surface area contributed by atoms with Crippen molar-refractivity contribution in [1.29, 1.82) is 0 Å².